The molecule has 4 aromatic rings. The number of hydrogen-bond acceptors (Lipinski definition) is 7. The number of fused-ring (bicyclic) bond motifs is 2. The lowest BCUT2D eigenvalue weighted by molar-refractivity contribution is 0.151. The third-order valence-corrected chi connectivity index (χ3v) is 5.20. The molecule has 1 aliphatic heterocycles. The minimum absolute atomic E-state index is 0.209. The van der Waals surface area contributed by atoms with Gasteiger partial charge < -0.3 is 19.5 Å². The number of aromatic amines is 1. The van der Waals surface area contributed by atoms with Crippen LogP contribution in [0.5, 0.6) is 11.5 Å². The van der Waals surface area contributed by atoms with E-state index in [1.54, 1.807) is 37.1 Å². The Balaban J connectivity index is 1.64. The molecule has 10 heteroatoms. The van der Waals surface area contributed by atoms with Gasteiger partial charge in [-0.25, -0.2) is 14.3 Å². The standard InChI is InChI=1S/C22H18N6O4/c1-30-17-6-5-15(8-18(17)31-2)25-21-19(27-20-14(9-23)10-24-28(20)21)12-3-4-13-11-32-22(29)26-16(13)7-12/h3-8,10,24-25H,11H2,1-2H3,(H,26,29). The highest BCUT2D eigenvalue weighted by atomic mass is 16.5. The number of imidazole rings is 1. The SMILES string of the molecule is COc1ccc(Nc2c(-c3ccc4c(c3)NC(=O)OC4)nc3c(C#N)c[nH]n23)cc1OC. The summed E-state index contributed by atoms with van der Waals surface area (Å²) in [6, 6.07) is 13.2. The number of hydrogen-bond donors (Lipinski definition) is 3. The highest BCUT2D eigenvalue weighted by Crippen LogP contribution is 2.37. The third kappa shape index (κ3) is 3.13. The fourth-order valence-electron chi connectivity index (χ4n) is 3.63. The highest BCUT2D eigenvalue weighted by molar-refractivity contribution is 5.90. The van der Waals surface area contributed by atoms with E-state index in [4.69, 9.17) is 19.2 Å². The van der Waals surface area contributed by atoms with Crippen molar-refractivity contribution in [2.45, 2.75) is 6.61 Å². The van der Waals surface area contributed by atoms with Crippen molar-refractivity contribution in [3.05, 3.63) is 53.7 Å². The van der Waals surface area contributed by atoms with Crippen molar-refractivity contribution in [3.8, 4) is 28.8 Å². The van der Waals surface area contributed by atoms with Gasteiger partial charge in [0.25, 0.3) is 0 Å². The van der Waals surface area contributed by atoms with Gasteiger partial charge in [0.15, 0.2) is 23.0 Å². The van der Waals surface area contributed by atoms with Crippen molar-refractivity contribution in [1.29, 1.82) is 5.26 Å². The molecule has 0 aliphatic carbocycles. The Labute approximate surface area is 182 Å². The van der Waals surface area contributed by atoms with Crippen LogP contribution in [0.15, 0.2) is 42.6 Å². The smallest absolute Gasteiger partial charge is 0.411 e. The van der Waals surface area contributed by atoms with Gasteiger partial charge in [0.1, 0.15) is 23.9 Å². The number of aromatic nitrogens is 3. The number of cyclic esters (lactones) is 1. The van der Waals surface area contributed by atoms with Gasteiger partial charge in [0.05, 0.1) is 19.9 Å². The number of methoxy groups -OCH3 is 2. The van der Waals surface area contributed by atoms with Crippen molar-refractivity contribution < 1.29 is 19.0 Å². The third-order valence-electron chi connectivity index (χ3n) is 5.20. The minimum atomic E-state index is -0.498. The quantitative estimate of drug-likeness (QED) is 0.436. The molecule has 2 aromatic heterocycles. The van der Waals surface area contributed by atoms with E-state index in [2.05, 4.69) is 21.8 Å². The van der Waals surface area contributed by atoms with E-state index in [1.165, 1.54) is 0 Å². The van der Waals surface area contributed by atoms with Crippen molar-refractivity contribution >= 4 is 28.9 Å². The summed E-state index contributed by atoms with van der Waals surface area (Å²) in [4.78, 5) is 16.3. The van der Waals surface area contributed by atoms with Gasteiger partial charge in [0.2, 0.25) is 0 Å². The van der Waals surface area contributed by atoms with Crippen LogP contribution in [0, 0.1) is 11.3 Å². The molecule has 0 saturated carbocycles. The molecule has 0 unspecified atom stereocenters. The summed E-state index contributed by atoms with van der Waals surface area (Å²) in [6.45, 7) is 0.209. The zero-order valence-corrected chi connectivity index (χ0v) is 17.2. The summed E-state index contributed by atoms with van der Waals surface area (Å²) in [6.07, 6.45) is 1.10. The maximum Gasteiger partial charge on any atom is 0.411 e. The Morgan fingerprint density at radius 3 is 2.81 bits per heavy atom. The number of carbonyl (C=O) groups is 1. The zero-order chi connectivity index (χ0) is 22.2. The van der Waals surface area contributed by atoms with E-state index in [0.29, 0.717) is 39.9 Å². The van der Waals surface area contributed by atoms with Gasteiger partial charge in [-0.3, -0.25) is 10.4 Å². The van der Waals surface area contributed by atoms with Crippen molar-refractivity contribution in [2.75, 3.05) is 24.9 Å². The number of benzene rings is 2. The van der Waals surface area contributed by atoms with Gasteiger partial charge in [0, 0.05) is 29.1 Å². The zero-order valence-electron chi connectivity index (χ0n) is 17.2. The normalized spacial score (nSPS) is 12.5. The van der Waals surface area contributed by atoms with Crippen LogP contribution in [0.3, 0.4) is 0 Å². The van der Waals surface area contributed by atoms with Crippen LogP contribution >= 0.6 is 0 Å². The van der Waals surface area contributed by atoms with E-state index >= 15 is 0 Å². The summed E-state index contributed by atoms with van der Waals surface area (Å²) in [5.41, 5.74) is 4.51. The molecular formula is C22H18N6O4. The molecule has 0 bridgehead atoms. The number of nitrogens with one attached hydrogen (secondary N) is 3. The van der Waals surface area contributed by atoms with Crippen LogP contribution in [-0.2, 0) is 11.3 Å². The number of rotatable bonds is 5. The first-order valence-corrected chi connectivity index (χ1v) is 9.67. The molecule has 3 N–H and O–H groups in total. The van der Waals surface area contributed by atoms with E-state index in [1.807, 2.05) is 24.3 Å². The molecule has 3 heterocycles. The highest BCUT2D eigenvalue weighted by Gasteiger charge is 2.22. The lowest BCUT2D eigenvalue weighted by Crippen LogP contribution is -2.20. The van der Waals surface area contributed by atoms with Crippen molar-refractivity contribution in [3.63, 3.8) is 0 Å². The largest absolute Gasteiger partial charge is 0.493 e. The fraction of sp³-hybridized carbons (Fsp3) is 0.136. The molecule has 0 atom stereocenters. The Hall–Kier alpha value is -4.65. The van der Waals surface area contributed by atoms with Crippen LogP contribution < -0.4 is 20.1 Å². The minimum Gasteiger partial charge on any atom is -0.493 e. The molecule has 0 saturated heterocycles. The average molecular weight is 430 g/mol. The lowest BCUT2D eigenvalue weighted by atomic mass is 10.1. The molecule has 1 aliphatic rings. The number of carbonyl (C=O) groups excluding carboxylic acids is 1. The van der Waals surface area contributed by atoms with Crippen molar-refractivity contribution in [2.24, 2.45) is 0 Å². The first kappa shape index (κ1) is 19.3. The molecule has 32 heavy (non-hydrogen) atoms. The molecule has 5 rings (SSSR count). The summed E-state index contributed by atoms with van der Waals surface area (Å²) in [7, 11) is 3.14. The monoisotopic (exact) mass is 430 g/mol. The molecule has 0 fully saturated rings. The average Bonchev–Trinajstić information content (AvgIpc) is 3.38. The number of nitriles is 1. The topological polar surface area (TPSA) is 126 Å². The lowest BCUT2D eigenvalue weighted by Gasteiger charge is -2.18. The molecule has 0 radical (unpaired) electrons. The van der Waals surface area contributed by atoms with Gasteiger partial charge in [-0.05, 0) is 18.2 Å². The van der Waals surface area contributed by atoms with Crippen LogP contribution in [0.2, 0.25) is 0 Å². The first-order valence-electron chi connectivity index (χ1n) is 9.67. The van der Waals surface area contributed by atoms with E-state index in [9.17, 15) is 10.1 Å². The maximum absolute atomic E-state index is 11.6. The molecule has 0 spiro atoms. The Bertz CT molecular complexity index is 1400. The summed E-state index contributed by atoms with van der Waals surface area (Å²) in [5, 5.41) is 18.6. The summed E-state index contributed by atoms with van der Waals surface area (Å²) >= 11 is 0. The van der Waals surface area contributed by atoms with E-state index in [0.717, 1.165) is 16.8 Å². The second kappa shape index (κ2) is 7.55. The summed E-state index contributed by atoms with van der Waals surface area (Å²) < 4.78 is 17.4. The maximum atomic E-state index is 11.6. The van der Waals surface area contributed by atoms with Gasteiger partial charge in [-0.1, -0.05) is 12.1 Å². The van der Waals surface area contributed by atoms with E-state index < -0.39 is 6.09 Å². The first-order chi connectivity index (χ1) is 15.6. The Kier molecular flexibility index (Phi) is 4.56. The number of H-pyrrole nitrogens is 1. The van der Waals surface area contributed by atoms with Gasteiger partial charge in [-0.15, -0.1) is 0 Å². The number of nitrogens with zero attached hydrogens (tertiary/aromatic N) is 3. The number of amides is 1. The van der Waals surface area contributed by atoms with Crippen LogP contribution in [0.4, 0.5) is 22.0 Å². The molecular weight excluding hydrogens is 412 g/mol. The second-order valence-corrected chi connectivity index (χ2v) is 7.03. The Morgan fingerprint density at radius 2 is 2.03 bits per heavy atom. The predicted molar refractivity (Wildman–Crippen MR) is 116 cm³/mol. The van der Waals surface area contributed by atoms with Gasteiger partial charge in [-0.2, -0.15) is 5.26 Å². The Morgan fingerprint density at radius 1 is 1.19 bits per heavy atom. The van der Waals surface area contributed by atoms with E-state index in [-0.39, 0.29) is 6.61 Å². The van der Waals surface area contributed by atoms with Crippen molar-refractivity contribution in [1.82, 2.24) is 14.6 Å². The number of anilines is 3. The summed E-state index contributed by atoms with van der Waals surface area (Å²) in [5.74, 6) is 1.79. The van der Waals surface area contributed by atoms with Crippen LogP contribution in [0.25, 0.3) is 16.9 Å². The number of ether oxygens (including phenoxy) is 3. The molecule has 1 amide bonds. The second-order valence-electron chi connectivity index (χ2n) is 7.03. The van der Waals surface area contributed by atoms with Crippen LogP contribution in [-0.4, -0.2) is 34.9 Å². The fourth-order valence-corrected chi connectivity index (χ4v) is 3.63. The van der Waals surface area contributed by atoms with Crippen LogP contribution in [0.1, 0.15) is 11.1 Å². The predicted octanol–water partition coefficient (Wildman–Crippen LogP) is 4.02. The molecule has 160 valence electrons. The molecule has 2 aromatic carbocycles. The molecule has 10 nitrogen and oxygen atoms in total. The van der Waals surface area contributed by atoms with Gasteiger partial charge >= 0.3 is 6.09 Å².